The minimum absolute atomic E-state index is 0. The molecule has 0 fully saturated rings. The Hall–Kier alpha value is -0.310. The van der Waals surface area contributed by atoms with E-state index in [4.69, 9.17) is 21.0 Å². The van der Waals surface area contributed by atoms with Crippen molar-refractivity contribution in [3.05, 3.63) is 0 Å². The Kier molecular flexibility index (Phi) is 5.51. The van der Waals surface area contributed by atoms with Gasteiger partial charge < -0.3 is 0 Å². The molecule has 0 radical (unpaired) electrons. The molecule has 0 N–H and O–H groups in total. The summed E-state index contributed by atoms with van der Waals surface area (Å²) in [4.78, 5) is 0. The molecule has 12 heavy (non-hydrogen) atoms. The van der Waals surface area contributed by atoms with Crippen LogP contribution < -0.4 is 51.4 Å². The van der Waals surface area contributed by atoms with Crippen molar-refractivity contribution < 1.29 is 70.8 Å². The molecule has 0 unspecified atom stereocenters. The Morgan fingerprint density at radius 2 is 1.33 bits per heavy atom. The third-order valence-electron chi connectivity index (χ3n) is 0.537. The second kappa shape index (κ2) is 4.65. The molecule has 0 aliphatic carbocycles. The second-order valence-electron chi connectivity index (χ2n) is 1.05. The molecule has 59 valence electrons. The van der Waals surface area contributed by atoms with Gasteiger partial charge in [-0.05, 0) is 0 Å². The van der Waals surface area contributed by atoms with Crippen LogP contribution in [0, 0.1) is 42.4 Å². The van der Waals surface area contributed by atoms with Crippen molar-refractivity contribution in [1.29, 1.82) is 21.0 Å². The van der Waals surface area contributed by atoms with Crippen molar-refractivity contribution in [2.45, 2.75) is 0 Å². The molecule has 0 atom stereocenters. The van der Waals surface area contributed by atoms with Gasteiger partial charge in [0.1, 0.15) is 0 Å². The molecule has 6 nitrogen and oxygen atoms in total. The van der Waals surface area contributed by atoms with Gasteiger partial charge in [0.15, 0.2) is 0 Å². The van der Waals surface area contributed by atoms with Crippen LogP contribution in [-0.2, 0) is 19.4 Å². The minimum Gasteiger partial charge on any atom is 1.00 e. The number of nitriles is 4. The third kappa shape index (κ3) is 2.63. The van der Waals surface area contributed by atoms with E-state index >= 15 is 0 Å². The zero-order valence-electron chi connectivity index (χ0n) is 5.92. The first kappa shape index (κ1) is 14.2. The largest absolute Gasteiger partial charge is 1.00 e. The van der Waals surface area contributed by atoms with E-state index in [1.165, 1.54) is 0 Å². The molecule has 0 saturated carbocycles. The normalized spacial score (nSPS) is 10.8. The molecule has 8 heteroatoms. The van der Waals surface area contributed by atoms with Crippen molar-refractivity contribution in [3.8, 4) is 21.4 Å². The van der Waals surface area contributed by atoms with Crippen molar-refractivity contribution >= 4 is 0 Å². The number of hydrogen-bond donors (Lipinski definition) is 0. The number of rotatable bonds is 1. The standard InChI is InChI=1S/CHNO.3CN.K.Ni.O/c2-1-3;3*1-2;;;/h3H;;;;;;/q;;;;+1;;/p-1. The Morgan fingerprint density at radius 3 is 1.42 bits per heavy atom. The summed E-state index contributed by atoms with van der Waals surface area (Å²) in [5, 5.41) is 34.9. The maximum absolute atomic E-state index is 11.0. The number of hydrogen-bond acceptors (Lipinski definition) is 6. The molecule has 0 aromatic rings. The Bertz CT molecular complexity index is 357. The van der Waals surface area contributed by atoms with E-state index in [2.05, 4.69) is 3.88 Å². The smallest absolute Gasteiger partial charge is 1.00 e. The Labute approximate surface area is 111 Å². The first-order valence-corrected chi connectivity index (χ1v) is 4.12. The molecule has 0 rings (SSSR count). The zero-order chi connectivity index (χ0) is 8.98. The third-order valence-corrected chi connectivity index (χ3v) is 2.22. The van der Waals surface area contributed by atoms with Gasteiger partial charge in [0, 0.05) is 0 Å². The van der Waals surface area contributed by atoms with Crippen LogP contribution in [0.3, 0.4) is 0 Å². The topological polar surface area (TPSA) is 121 Å². The van der Waals surface area contributed by atoms with Crippen LogP contribution in [-0.4, -0.2) is 0 Å². The first-order valence-electron chi connectivity index (χ1n) is 1.83. The van der Waals surface area contributed by atoms with E-state index in [1.54, 1.807) is 0 Å². The van der Waals surface area contributed by atoms with Gasteiger partial charge in [-0.15, -0.1) is 0 Å². The summed E-state index contributed by atoms with van der Waals surface area (Å²) in [6, 6.07) is 0. The zero-order valence-corrected chi connectivity index (χ0v) is 10.0. The summed E-state index contributed by atoms with van der Waals surface area (Å²) in [6.45, 7) is 0. The average Bonchev–Trinajstić information content (AvgIpc) is 2.06. The molecule has 0 aromatic carbocycles. The summed E-state index contributed by atoms with van der Waals surface area (Å²) in [5.74, 6) is 0. The van der Waals surface area contributed by atoms with E-state index < -0.39 is 11.6 Å². The summed E-state index contributed by atoms with van der Waals surface area (Å²) >= 11 is -5.22. The van der Waals surface area contributed by atoms with E-state index in [1.807, 2.05) is 0 Å². The minimum atomic E-state index is -5.22. The Balaban J connectivity index is 0. The van der Waals surface area contributed by atoms with E-state index in [-0.39, 0.29) is 51.4 Å². The average molecular weight is 234 g/mol. The molecule has 0 aliphatic heterocycles. The van der Waals surface area contributed by atoms with Crippen LogP contribution in [0.15, 0.2) is 0 Å². The maximum Gasteiger partial charge on any atom is 1.00 e. The molecule has 0 aliphatic rings. The fourth-order valence-electron chi connectivity index (χ4n) is 0.146. The molecule has 0 amide bonds. The predicted octanol–water partition coefficient (Wildman–Crippen LogP) is -3.12. The van der Waals surface area contributed by atoms with E-state index in [9.17, 15) is 3.90 Å². The maximum atomic E-state index is 11.0. The Morgan fingerprint density at radius 1 is 1.00 bits per heavy atom. The first-order chi connectivity index (χ1) is 5.04. The van der Waals surface area contributed by atoms with Gasteiger partial charge in [0.2, 0.25) is 0 Å². The van der Waals surface area contributed by atoms with Crippen molar-refractivity contribution in [3.63, 3.8) is 0 Å². The van der Waals surface area contributed by atoms with Crippen molar-refractivity contribution in [2.24, 2.45) is 0 Å². The second-order valence-corrected chi connectivity index (χ2v) is 4.02. The van der Waals surface area contributed by atoms with Gasteiger partial charge in [0.05, 0.1) is 0 Å². The monoisotopic (exact) mass is 233 g/mol. The summed E-state index contributed by atoms with van der Waals surface area (Å²) in [6.07, 6.45) is 0.874. The van der Waals surface area contributed by atoms with Gasteiger partial charge in [-0.1, -0.05) is 0 Å². The van der Waals surface area contributed by atoms with E-state index in [0.717, 1.165) is 21.4 Å². The number of nitrogens with zero attached hydrogens (tertiary/aromatic N) is 4. The molecule has 0 saturated heterocycles. The summed E-state index contributed by atoms with van der Waals surface area (Å²) in [5.41, 5.74) is 0. The molecule has 0 spiro atoms. The van der Waals surface area contributed by atoms with Gasteiger partial charge in [-0.3, -0.25) is 0 Å². The van der Waals surface area contributed by atoms with Gasteiger partial charge >= 0.3 is 113 Å². The molecule has 0 aromatic heterocycles. The summed E-state index contributed by atoms with van der Waals surface area (Å²) < 4.78 is 14.6. The quantitative estimate of drug-likeness (QED) is 0.349. The van der Waals surface area contributed by atoms with Crippen molar-refractivity contribution in [2.75, 3.05) is 0 Å². The molecule has 0 heterocycles. The van der Waals surface area contributed by atoms with Crippen LogP contribution in [0.1, 0.15) is 0 Å². The van der Waals surface area contributed by atoms with Crippen LogP contribution in [0.2, 0.25) is 0 Å². The van der Waals surface area contributed by atoms with Crippen LogP contribution in [0.4, 0.5) is 0 Å². The molecule has 0 bridgehead atoms. The SMILES string of the molecule is N#C[O][Ni-](=[O])([C]#N)([C]#N)[C]#N.[K+]. The summed E-state index contributed by atoms with van der Waals surface area (Å²) in [7, 11) is 0. The van der Waals surface area contributed by atoms with E-state index in [0.29, 0.717) is 0 Å². The van der Waals surface area contributed by atoms with Crippen molar-refractivity contribution in [1.82, 2.24) is 0 Å². The molecular weight excluding hydrogens is 234 g/mol. The van der Waals surface area contributed by atoms with Gasteiger partial charge in [-0.2, -0.15) is 0 Å². The fraction of sp³-hybridized carbons (Fsp3) is 0. The predicted molar refractivity (Wildman–Crippen MR) is 24.2 cm³/mol. The van der Waals surface area contributed by atoms with Crippen LogP contribution in [0.25, 0.3) is 0 Å². The fourth-order valence-corrected chi connectivity index (χ4v) is 0.601. The van der Waals surface area contributed by atoms with Crippen LogP contribution >= 0.6 is 0 Å². The van der Waals surface area contributed by atoms with Gasteiger partial charge in [-0.25, -0.2) is 0 Å². The van der Waals surface area contributed by atoms with Gasteiger partial charge in [0.25, 0.3) is 0 Å². The molecular formula is C4KN4NiO2. The van der Waals surface area contributed by atoms with Crippen LogP contribution in [0.5, 0.6) is 0 Å².